The van der Waals surface area contributed by atoms with Crippen molar-refractivity contribution in [3.63, 3.8) is 0 Å². The lowest BCUT2D eigenvalue weighted by molar-refractivity contribution is -0.133. The molecular formula is C18H22N6O2. The standard InChI is InChI=1S/C18H22N6O2/c1-26-15-8-14(10-22-7-6-17(19)21-22)23(11-15)18(25)12-24-16-5-3-2-4-13(16)9-20-24/h2-7,9,14-15H,8,10-12H2,1H3,(H2,19,21)/t14-,15+/m0/s1. The third-order valence-electron chi connectivity index (χ3n) is 4.92. The Bertz CT molecular complexity index is 917. The van der Waals surface area contributed by atoms with E-state index in [2.05, 4.69) is 10.2 Å². The Kier molecular flexibility index (Phi) is 4.34. The molecule has 1 saturated heterocycles. The lowest BCUT2D eigenvalue weighted by Gasteiger charge is -2.24. The number of fused-ring (bicyclic) bond motifs is 1. The summed E-state index contributed by atoms with van der Waals surface area (Å²) in [6.45, 7) is 1.39. The molecular weight excluding hydrogens is 332 g/mol. The smallest absolute Gasteiger partial charge is 0.244 e. The molecule has 0 saturated carbocycles. The number of ether oxygens (including phenoxy) is 1. The summed E-state index contributed by atoms with van der Waals surface area (Å²) in [4.78, 5) is 14.9. The number of rotatable bonds is 5. The molecule has 1 fully saturated rings. The molecule has 2 N–H and O–H groups in total. The number of amides is 1. The molecule has 2 aromatic heterocycles. The molecule has 8 nitrogen and oxygen atoms in total. The Morgan fingerprint density at radius 1 is 1.35 bits per heavy atom. The van der Waals surface area contributed by atoms with Gasteiger partial charge >= 0.3 is 0 Å². The normalized spacial score (nSPS) is 20.1. The zero-order valence-electron chi connectivity index (χ0n) is 14.7. The first-order valence-corrected chi connectivity index (χ1v) is 8.66. The molecule has 1 aliphatic rings. The number of hydrogen-bond donors (Lipinski definition) is 1. The number of para-hydroxylation sites is 1. The maximum Gasteiger partial charge on any atom is 0.244 e. The lowest BCUT2D eigenvalue weighted by Crippen LogP contribution is -2.40. The van der Waals surface area contributed by atoms with Gasteiger partial charge in [0.05, 0.1) is 30.4 Å². The minimum atomic E-state index is 0.0218. The molecule has 1 amide bonds. The number of benzene rings is 1. The summed E-state index contributed by atoms with van der Waals surface area (Å²) >= 11 is 0. The molecule has 0 radical (unpaired) electrons. The summed E-state index contributed by atoms with van der Waals surface area (Å²) in [5.74, 6) is 0.510. The van der Waals surface area contributed by atoms with E-state index < -0.39 is 0 Å². The van der Waals surface area contributed by atoms with Crippen molar-refractivity contribution in [2.45, 2.75) is 31.7 Å². The molecule has 0 spiro atoms. The second kappa shape index (κ2) is 6.80. The Balaban J connectivity index is 1.52. The van der Waals surface area contributed by atoms with E-state index in [-0.39, 0.29) is 24.6 Å². The van der Waals surface area contributed by atoms with E-state index in [4.69, 9.17) is 10.5 Å². The van der Waals surface area contributed by atoms with E-state index in [1.165, 1.54) is 0 Å². The fourth-order valence-electron chi connectivity index (χ4n) is 3.59. The molecule has 3 aromatic rings. The van der Waals surface area contributed by atoms with Gasteiger partial charge < -0.3 is 15.4 Å². The summed E-state index contributed by atoms with van der Waals surface area (Å²) in [5.41, 5.74) is 6.65. The zero-order valence-corrected chi connectivity index (χ0v) is 14.7. The summed E-state index contributed by atoms with van der Waals surface area (Å²) in [7, 11) is 1.68. The van der Waals surface area contributed by atoms with Gasteiger partial charge in [-0.1, -0.05) is 18.2 Å². The van der Waals surface area contributed by atoms with Gasteiger partial charge in [0.1, 0.15) is 12.4 Å². The molecule has 4 rings (SSSR count). The number of aromatic nitrogens is 4. The Morgan fingerprint density at radius 2 is 2.19 bits per heavy atom. The predicted octanol–water partition coefficient (Wildman–Crippen LogP) is 1.13. The first-order chi connectivity index (χ1) is 12.6. The Morgan fingerprint density at radius 3 is 2.96 bits per heavy atom. The van der Waals surface area contributed by atoms with Gasteiger partial charge in [0, 0.05) is 25.2 Å². The van der Waals surface area contributed by atoms with Crippen molar-refractivity contribution < 1.29 is 9.53 Å². The van der Waals surface area contributed by atoms with Crippen molar-refractivity contribution in [1.29, 1.82) is 0 Å². The second-order valence-corrected chi connectivity index (χ2v) is 6.62. The Hall–Kier alpha value is -2.87. The van der Waals surface area contributed by atoms with Crippen LogP contribution in [0.2, 0.25) is 0 Å². The largest absolute Gasteiger partial charge is 0.382 e. The third kappa shape index (κ3) is 3.15. The number of carbonyl (C=O) groups excluding carboxylic acids is 1. The quantitative estimate of drug-likeness (QED) is 0.742. The van der Waals surface area contributed by atoms with E-state index in [1.54, 1.807) is 28.7 Å². The molecule has 0 unspecified atom stereocenters. The van der Waals surface area contributed by atoms with Crippen LogP contribution in [-0.4, -0.2) is 56.2 Å². The van der Waals surface area contributed by atoms with Crippen LogP contribution in [0.5, 0.6) is 0 Å². The van der Waals surface area contributed by atoms with Crippen LogP contribution in [0.4, 0.5) is 5.82 Å². The average Bonchev–Trinajstić information content (AvgIpc) is 3.35. The molecule has 136 valence electrons. The lowest BCUT2D eigenvalue weighted by atomic mass is 10.2. The van der Waals surface area contributed by atoms with Crippen LogP contribution in [0.25, 0.3) is 10.9 Å². The number of methoxy groups -OCH3 is 1. The zero-order chi connectivity index (χ0) is 18.1. The van der Waals surface area contributed by atoms with Crippen LogP contribution < -0.4 is 5.73 Å². The minimum absolute atomic E-state index is 0.0218. The van der Waals surface area contributed by atoms with E-state index in [0.717, 1.165) is 17.3 Å². The van der Waals surface area contributed by atoms with Crippen molar-refractivity contribution in [3.05, 3.63) is 42.7 Å². The molecule has 2 atom stereocenters. The predicted molar refractivity (Wildman–Crippen MR) is 97.3 cm³/mol. The summed E-state index contributed by atoms with van der Waals surface area (Å²) in [5, 5.41) is 9.62. The van der Waals surface area contributed by atoms with E-state index in [1.807, 2.05) is 35.4 Å². The summed E-state index contributed by atoms with van der Waals surface area (Å²) < 4.78 is 9.03. The van der Waals surface area contributed by atoms with Gasteiger partial charge in [-0.05, 0) is 18.6 Å². The van der Waals surface area contributed by atoms with Crippen LogP contribution in [0, 0.1) is 0 Å². The highest BCUT2D eigenvalue weighted by atomic mass is 16.5. The van der Waals surface area contributed by atoms with Crippen LogP contribution in [0.3, 0.4) is 0 Å². The van der Waals surface area contributed by atoms with Crippen molar-refractivity contribution in [2.75, 3.05) is 19.4 Å². The van der Waals surface area contributed by atoms with Gasteiger partial charge in [-0.15, -0.1) is 0 Å². The topological polar surface area (TPSA) is 91.2 Å². The molecule has 3 heterocycles. The SMILES string of the molecule is CO[C@@H]1C[C@@H](Cn2ccc(N)n2)N(C(=O)Cn2ncc3ccccc32)C1. The van der Waals surface area contributed by atoms with Crippen molar-refractivity contribution in [1.82, 2.24) is 24.5 Å². The van der Waals surface area contributed by atoms with Gasteiger partial charge in [-0.25, -0.2) is 0 Å². The number of carbonyl (C=O) groups is 1. The number of nitrogen functional groups attached to an aromatic ring is 1. The number of anilines is 1. The number of nitrogens with zero attached hydrogens (tertiary/aromatic N) is 5. The van der Waals surface area contributed by atoms with Crippen molar-refractivity contribution >= 4 is 22.6 Å². The van der Waals surface area contributed by atoms with Crippen molar-refractivity contribution in [2.24, 2.45) is 0 Å². The monoisotopic (exact) mass is 354 g/mol. The first kappa shape index (κ1) is 16.6. The van der Waals surface area contributed by atoms with Gasteiger partial charge in [0.15, 0.2) is 0 Å². The fraction of sp³-hybridized carbons (Fsp3) is 0.389. The van der Waals surface area contributed by atoms with E-state index >= 15 is 0 Å². The third-order valence-corrected chi connectivity index (χ3v) is 4.92. The highest BCUT2D eigenvalue weighted by Crippen LogP contribution is 2.23. The van der Waals surface area contributed by atoms with Crippen LogP contribution in [-0.2, 0) is 22.6 Å². The maximum atomic E-state index is 13.0. The highest BCUT2D eigenvalue weighted by Gasteiger charge is 2.35. The molecule has 0 aliphatic carbocycles. The number of likely N-dealkylation sites (tertiary alicyclic amines) is 1. The van der Waals surface area contributed by atoms with Crippen molar-refractivity contribution in [3.8, 4) is 0 Å². The summed E-state index contributed by atoms with van der Waals surface area (Å²) in [6, 6.07) is 9.66. The fourth-order valence-corrected chi connectivity index (χ4v) is 3.59. The average molecular weight is 354 g/mol. The molecule has 0 bridgehead atoms. The molecule has 8 heteroatoms. The molecule has 26 heavy (non-hydrogen) atoms. The first-order valence-electron chi connectivity index (χ1n) is 8.66. The van der Waals surface area contributed by atoms with Crippen LogP contribution in [0.1, 0.15) is 6.42 Å². The van der Waals surface area contributed by atoms with Gasteiger partial charge in [0.2, 0.25) is 5.91 Å². The molecule has 1 aliphatic heterocycles. The maximum absolute atomic E-state index is 13.0. The minimum Gasteiger partial charge on any atom is -0.382 e. The van der Waals surface area contributed by atoms with Gasteiger partial charge in [-0.3, -0.25) is 14.2 Å². The highest BCUT2D eigenvalue weighted by molar-refractivity contribution is 5.82. The number of nitrogens with two attached hydrogens (primary N) is 1. The van der Waals surface area contributed by atoms with Crippen LogP contribution >= 0.6 is 0 Å². The number of hydrogen-bond acceptors (Lipinski definition) is 5. The van der Waals surface area contributed by atoms with Gasteiger partial charge in [0.25, 0.3) is 0 Å². The van der Waals surface area contributed by atoms with Crippen LogP contribution in [0.15, 0.2) is 42.7 Å². The van der Waals surface area contributed by atoms with E-state index in [0.29, 0.717) is 18.9 Å². The van der Waals surface area contributed by atoms with Gasteiger partial charge in [-0.2, -0.15) is 10.2 Å². The molecule has 1 aromatic carbocycles. The van der Waals surface area contributed by atoms with E-state index in [9.17, 15) is 4.79 Å². The summed E-state index contributed by atoms with van der Waals surface area (Å²) in [6.07, 6.45) is 4.43. The second-order valence-electron chi connectivity index (χ2n) is 6.62. The Labute approximate surface area is 151 Å².